The van der Waals surface area contributed by atoms with E-state index in [0.29, 0.717) is 28.7 Å². The number of carbonyl (C=O) groups excluding carboxylic acids is 2. The standard InChI is InChI=1S/C25H28N4O4/c1-33-25(32)19-12-22-17(13-29(28-22)18-9-5-15(14-30)6-10-18)11-23(19)27-24(31)21-4-2-3-20(26-21)16-7-8-16/h2-4,11-13,15-16,18,30H,5-10,14H2,1H3,(H,27,31). The van der Waals surface area contributed by atoms with Crippen LogP contribution in [-0.2, 0) is 4.74 Å². The zero-order valence-electron chi connectivity index (χ0n) is 18.7. The van der Waals surface area contributed by atoms with Crippen molar-refractivity contribution in [2.24, 2.45) is 5.92 Å². The fourth-order valence-electron chi connectivity index (χ4n) is 4.62. The molecule has 0 saturated heterocycles. The second-order valence-electron chi connectivity index (χ2n) is 9.09. The number of hydrogen-bond donors (Lipinski definition) is 2. The molecular weight excluding hydrogens is 420 g/mol. The van der Waals surface area contributed by atoms with Gasteiger partial charge in [-0.15, -0.1) is 0 Å². The van der Waals surface area contributed by atoms with Crippen LogP contribution in [0, 0.1) is 5.92 Å². The molecule has 0 unspecified atom stereocenters. The van der Waals surface area contributed by atoms with Gasteiger partial charge in [0.05, 0.1) is 29.9 Å². The van der Waals surface area contributed by atoms with Gasteiger partial charge in [0.2, 0.25) is 0 Å². The van der Waals surface area contributed by atoms with Crippen molar-refractivity contribution in [3.05, 3.63) is 53.5 Å². The van der Waals surface area contributed by atoms with Crippen LogP contribution in [-0.4, -0.2) is 45.5 Å². The van der Waals surface area contributed by atoms with E-state index in [4.69, 9.17) is 9.84 Å². The van der Waals surface area contributed by atoms with Gasteiger partial charge in [0.25, 0.3) is 5.91 Å². The van der Waals surface area contributed by atoms with Gasteiger partial charge in [-0.2, -0.15) is 5.10 Å². The van der Waals surface area contributed by atoms with E-state index in [1.165, 1.54) is 7.11 Å². The normalized spacial score (nSPS) is 20.5. The van der Waals surface area contributed by atoms with Crippen molar-refractivity contribution in [3.8, 4) is 0 Å². The van der Waals surface area contributed by atoms with Crippen molar-refractivity contribution in [3.63, 3.8) is 0 Å². The number of anilines is 1. The second-order valence-corrected chi connectivity index (χ2v) is 9.09. The third-order valence-corrected chi connectivity index (χ3v) is 6.76. The Labute approximate surface area is 192 Å². The van der Waals surface area contributed by atoms with Crippen molar-refractivity contribution in [1.82, 2.24) is 14.8 Å². The van der Waals surface area contributed by atoms with Crippen LogP contribution in [0.3, 0.4) is 0 Å². The summed E-state index contributed by atoms with van der Waals surface area (Å²) in [6.45, 7) is 0.234. The Morgan fingerprint density at radius 1 is 1.15 bits per heavy atom. The summed E-state index contributed by atoms with van der Waals surface area (Å²) >= 11 is 0. The third-order valence-electron chi connectivity index (χ3n) is 6.76. The molecule has 2 aliphatic rings. The molecule has 2 heterocycles. The number of fused-ring (bicyclic) bond motifs is 1. The molecule has 0 atom stereocenters. The highest BCUT2D eigenvalue weighted by Gasteiger charge is 2.26. The lowest BCUT2D eigenvalue weighted by atomic mass is 9.87. The number of aliphatic hydroxyl groups is 1. The van der Waals surface area contributed by atoms with Crippen LogP contribution in [0.2, 0.25) is 0 Å². The summed E-state index contributed by atoms with van der Waals surface area (Å²) in [4.78, 5) is 29.9. The summed E-state index contributed by atoms with van der Waals surface area (Å²) in [6.07, 6.45) is 8.02. The highest BCUT2D eigenvalue weighted by Crippen LogP contribution is 2.39. The molecule has 2 saturated carbocycles. The molecule has 8 heteroatoms. The van der Waals surface area contributed by atoms with Gasteiger partial charge in [-0.3, -0.25) is 9.48 Å². The number of methoxy groups -OCH3 is 1. The number of rotatable bonds is 6. The molecule has 2 aliphatic carbocycles. The topological polar surface area (TPSA) is 106 Å². The third kappa shape index (κ3) is 4.48. The minimum Gasteiger partial charge on any atom is -0.465 e. The number of esters is 1. The Hall–Kier alpha value is -3.26. The second kappa shape index (κ2) is 8.94. The van der Waals surface area contributed by atoms with Crippen LogP contribution in [0.1, 0.15) is 77.0 Å². The van der Waals surface area contributed by atoms with Crippen LogP contribution in [0.25, 0.3) is 10.9 Å². The van der Waals surface area contributed by atoms with Crippen LogP contribution >= 0.6 is 0 Å². The van der Waals surface area contributed by atoms with Crippen molar-refractivity contribution in [1.29, 1.82) is 0 Å². The number of ether oxygens (including phenoxy) is 1. The molecule has 2 fully saturated rings. The largest absolute Gasteiger partial charge is 0.465 e. The van der Waals surface area contributed by atoms with E-state index < -0.39 is 5.97 Å². The molecule has 2 aromatic heterocycles. The highest BCUT2D eigenvalue weighted by atomic mass is 16.5. The van der Waals surface area contributed by atoms with Crippen molar-refractivity contribution in [2.75, 3.05) is 19.0 Å². The maximum atomic E-state index is 13.0. The monoisotopic (exact) mass is 448 g/mol. The van der Waals surface area contributed by atoms with Crippen LogP contribution < -0.4 is 5.32 Å². The minimum atomic E-state index is -0.537. The lowest BCUT2D eigenvalue weighted by Crippen LogP contribution is -2.20. The summed E-state index contributed by atoms with van der Waals surface area (Å²) in [5, 5.41) is 17.8. The molecule has 33 heavy (non-hydrogen) atoms. The average molecular weight is 449 g/mol. The number of aromatic nitrogens is 3. The number of nitrogens with one attached hydrogen (secondary N) is 1. The van der Waals surface area contributed by atoms with E-state index in [0.717, 1.165) is 49.6 Å². The predicted molar refractivity (Wildman–Crippen MR) is 123 cm³/mol. The highest BCUT2D eigenvalue weighted by molar-refractivity contribution is 6.09. The molecule has 2 N–H and O–H groups in total. The van der Waals surface area contributed by atoms with Crippen LogP contribution in [0.15, 0.2) is 36.5 Å². The van der Waals surface area contributed by atoms with E-state index in [9.17, 15) is 14.7 Å². The van der Waals surface area contributed by atoms with Crippen molar-refractivity contribution >= 4 is 28.5 Å². The molecule has 5 rings (SSSR count). The van der Waals surface area contributed by atoms with E-state index >= 15 is 0 Å². The van der Waals surface area contributed by atoms with E-state index in [-0.39, 0.29) is 24.1 Å². The number of aliphatic hydroxyl groups excluding tert-OH is 1. The number of hydrogen-bond acceptors (Lipinski definition) is 6. The Morgan fingerprint density at radius 3 is 2.64 bits per heavy atom. The molecule has 0 radical (unpaired) electrons. The SMILES string of the molecule is COC(=O)c1cc2nn(C3CCC(CO)CC3)cc2cc1NC(=O)c1cccc(C2CC2)n1. The molecule has 1 aromatic carbocycles. The molecule has 0 bridgehead atoms. The summed E-state index contributed by atoms with van der Waals surface area (Å²) in [5.41, 5.74) is 2.56. The van der Waals surface area contributed by atoms with Gasteiger partial charge in [-0.1, -0.05) is 6.07 Å². The number of pyridine rings is 1. The minimum absolute atomic E-state index is 0.234. The predicted octanol–water partition coefficient (Wildman–Crippen LogP) is 4.07. The zero-order chi connectivity index (χ0) is 22.9. The summed E-state index contributed by atoms with van der Waals surface area (Å²) < 4.78 is 6.91. The summed E-state index contributed by atoms with van der Waals surface area (Å²) in [5.74, 6) is -0.0920. The Balaban J connectivity index is 1.43. The van der Waals surface area contributed by atoms with E-state index in [1.54, 1.807) is 18.2 Å². The van der Waals surface area contributed by atoms with Gasteiger partial charge in [0.1, 0.15) is 5.69 Å². The maximum absolute atomic E-state index is 13.0. The van der Waals surface area contributed by atoms with E-state index in [2.05, 4.69) is 10.3 Å². The molecule has 172 valence electrons. The van der Waals surface area contributed by atoms with Gasteiger partial charge in [-0.05, 0) is 68.7 Å². The van der Waals surface area contributed by atoms with Crippen LogP contribution in [0.4, 0.5) is 5.69 Å². The first-order chi connectivity index (χ1) is 16.1. The quantitative estimate of drug-likeness (QED) is 0.551. The number of carbonyl (C=O) groups is 2. The Kier molecular flexibility index (Phi) is 5.85. The van der Waals surface area contributed by atoms with Crippen molar-refractivity contribution < 1.29 is 19.4 Å². The lowest BCUT2D eigenvalue weighted by molar-refractivity contribution is 0.0602. The molecular formula is C25H28N4O4. The molecule has 0 aliphatic heterocycles. The smallest absolute Gasteiger partial charge is 0.340 e. The number of benzene rings is 1. The van der Waals surface area contributed by atoms with Gasteiger partial charge in [0, 0.05) is 29.8 Å². The first-order valence-corrected chi connectivity index (χ1v) is 11.6. The summed E-state index contributed by atoms with van der Waals surface area (Å²) in [6, 6.07) is 9.17. The van der Waals surface area contributed by atoms with Gasteiger partial charge >= 0.3 is 5.97 Å². The first kappa shape index (κ1) is 21.6. The van der Waals surface area contributed by atoms with Crippen LogP contribution in [0.5, 0.6) is 0 Å². The lowest BCUT2D eigenvalue weighted by Gasteiger charge is -2.27. The first-order valence-electron chi connectivity index (χ1n) is 11.6. The van der Waals surface area contributed by atoms with Gasteiger partial charge < -0.3 is 15.2 Å². The van der Waals surface area contributed by atoms with E-state index in [1.807, 2.05) is 23.0 Å². The maximum Gasteiger partial charge on any atom is 0.340 e. The Bertz CT molecular complexity index is 1190. The fraction of sp³-hybridized carbons (Fsp3) is 0.440. The summed E-state index contributed by atoms with van der Waals surface area (Å²) in [7, 11) is 1.32. The zero-order valence-corrected chi connectivity index (χ0v) is 18.7. The molecule has 3 aromatic rings. The average Bonchev–Trinajstić information content (AvgIpc) is 3.63. The number of nitrogens with zero attached hydrogens (tertiary/aromatic N) is 3. The molecule has 1 amide bonds. The molecule has 0 spiro atoms. The van der Waals surface area contributed by atoms with Gasteiger partial charge in [-0.25, -0.2) is 9.78 Å². The van der Waals surface area contributed by atoms with Gasteiger partial charge in [0.15, 0.2) is 0 Å². The Morgan fingerprint density at radius 2 is 1.94 bits per heavy atom. The fourth-order valence-corrected chi connectivity index (χ4v) is 4.62. The number of amides is 1. The molecule has 8 nitrogen and oxygen atoms in total. The van der Waals surface area contributed by atoms with Crippen molar-refractivity contribution in [2.45, 2.75) is 50.5 Å².